The van der Waals surface area contributed by atoms with Crippen molar-refractivity contribution in [1.29, 1.82) is 0 Å². The lowest BCUT2D eigenvalue weighted by atomic mass is 10.2. The molecule has 23 heavy (non-hydrogen) atoms. The summed E-state index contributed by atoms with van der Waals surface area (Å²) in [6.45, 7) is -0.590. The van der Waals surface area contributed by atoms with Crippen molar-refractivity contribution in [3.8, 4) is 0 Å². The molecule has 0 atom stereocenters. The molecule has 4 nitrogen and oxygen atoms in total. The van der Waals surface area contributed by atoms with Crippen LogP contribution in [0, 0.1) is 5.82 Å². The van der Waals surface area contributed by atoms with Crippen molar-refractivity contribution >= 4 is 56.7 Å². The van der Waals surface area contributed by atoms with Crippen LogP contribution in [0.5, 0.6) is 0 Å². The second-order valence-electron chi connectivity index (χ2n) is 4.37. The van der Waals surface area contributed by atoms with E-state index in [9.17, 15) is 14.0 Å². The maximum Gasteiger partial charge on any atom is 0.340 e. The molecule has 2 aromatic carbocycles. The minimum Gasteiger partial charge on any atom is -0.452 e. The third kappa shape index (κ3) is 4.92. The van der Waals surface area contributed by atoms with Gasteiger partial charge in [0.15, 0.2) is 6.61 Å². The van der Waals surface area contributed by atoms with Gasteiger partial charge in [-0.15, -0.1) is 0 Å². The van der Waals surface area contributed by atoms with Gasteiger partial charge >= 0.3 is 5.97 Å². The minimum atomic E-state index is -0.766. The summed E-state index contributed by atoms with van der Waals surface area (Å²) >= 11 is 14.8. The Bertz CT molecular complexity index is 770. The maximum atomic E-state index is 13.5. The number of hydrogen-bond acceptors (Lipinski definition) is 3. The van der Waals surface area contributed by atoms with Crippen molar-refractivity contribution in [2.75, 3.05) is 11.9 Å². The highest BCUT2D eigenvalue weighted by Crippen LogP contribution is 2.22. The van der Waals surface area contributed by atoms with Crippen molar-refractivity contribution in [2.24, 2.45) is 0 Å². The van der Waals surface area contributed by atoms with E-state index in [1.54, 1.807) is 6.07 Å². The van der Waals surface area contributed by atoms with Crippen molar-refractivity contribution in [3.05, 3.63) is 62.3 Å². The first-order valence-electron chi connectivity index (χ1n) is 6.24. The van der Waals surface area contributed by atoms with Crippen LogP contribution in [0.4, 0.5) is 10.1 Å². The van der Waals surface area contributed by atoms with Crippen LogP contribution in [0.3, 0.4) is 0 Å². The molecule has 0 radical (unpaired) electrons. The molecule has 0 spiro atoms. The van der Waals surface area contributed by atoms with Crippen LogP contribution in [-0.4, -0.2) is 18.5 Å². The van der Waals surface area contributed by atoms with Gasteiger partial charge in [-0.05, 0) is 36.4 Å². The van der Waals surface area contributed by atoms with Crippen LogP contribution in [0.25, 0.3) is 0 Å². The normalized spacial score (nSPS) is 10.3. The Morgan fingerprint density at radius 1 is 1.17 bits per heavy atom. The van der Waals surface area contributed by atoms with Crippen molar-refractivity contribution < 1.29 is 18.7 Å². The van der Waals surface area contributed by atoms with Crippen LogP contribution < -0.4 is 5.32 Å². The van der Waals surface area contributed by atoms with Gasteiger partial charge in [0.05, 0.1) is 16.3 Å². The van der Waals surface area contributed by atoms with E-state index in [-0.39, 0.29) is 21.3 Å². The second kappa shape index (κ2) is 7.77. The Hall–Kier alpha value is -1.63. The van der Waals surface area contributed by atoms with Gasteiger partial charge in [0, 0.05) is 9.50 Å². The molecule has 8 heteroatoms. The second-order valence-corrected chi connectivity index (χ2v) is 6.13. The largest absolute Gasteiger partial charge is 0.452 e. The number of nitrogens with one attached hydrogen (secondary N) is 1. The van der Waals surface area contributed by atoms with Gasteiger partial charge in [0.25, 0.3) is 5.91 Å². The summed E-state index contributed by atoms with van der Waals surface area (Å²) in [5.41, 5.74) is 0.0156. The molecule has 0 fully saturated rings. The number of hydrogen-bond donors (Lipinski definition) is 1. The Balaban J connectivity index is 1.97. The Morgan fingerprint density at radius 2 is 1.91 bits per heavy atom. The fourth-order valence-electron chi connectivity index (χ4n) is 1.64. The SMILES string of the molecule is O=C(COC(=O)c1cc(Br)ccc1Cl)Nc1cc(Cl)ccc1F. The van der Waals surface area contributed by atoms with Gasteiger partial charge in [-0.25, -0.2) is 9.18 Å². The van der Waals surface area contributed by atoms with Crippen LogP contribution in [0.1, 0.15) is 10.4 Å². The van der Waals surface area contributed by atoms with Crippen LogP contribution in [0.15, 0.2) is 40.9 Å². The first-order chi connectivity index (χ1) is 10.9. The van der Waals surface area contributed by atoms with Crippen LogP contribution in [0.2, 0.25) is 10.0 Å². The van der Waals surface area contributed by atoms with E-state index in [2.05, 4.69) is 21.2 Å². The van der Waals surface area contributed by atoms with E-state index in [0.717, 1.165) is 6.07 Å². The number of carbonyl (C=O) groups excluding carboxylic acids is 2. The summed E-state index contributed by atoms with van der Waals surface area (Å²) in [5, 5.41) is 2.72. The van der Waals surface area contributed by atoms with E-state index in [1.807, 2.05) is 0 Å². The first-order valence-corrected chi connectivity index (χ1v) is 7.79. The summed E-state index contributed by atoms with van der Waals surface area (Å²) < 4.78 is 19.0. The summed E-state index contributed by atoms with van der Waals surface area (Å²) in [6.07, 6.45) is 0. The fraction of sp³-hybridized carbons (Fsp3) is 0.0667. The summed E-state index contributed by atoms with van der Waals surface area (Å²) in [4.78, 5) is 23.6. The van der Waals surface area contributed by atoms with E-state index < -0.39 is 24.3 Å². The number of ether oxygens (including phenoxy) is 1. The minimum absolute atomic E-state index is 0.0981. The average Bonchev–Trinajstić information content (AvgIpc) is 2.51. The number of benzene rings is 2. The Morgan fingerprint density at radius 3 is 2.65 bits per heavy atom. The van der Waals surface area contributed by atoms with Crippen molar-refractivity contribution in [3.63, 3.8) is 0 Å². The lowest BCUT2D eigenvalue weighted by molar-refractivity contribution is -0.119. The van der Waals surface area contributed by atoms with Crippen molar-refractivity contribution in [1.82, 2.24) is 0 Å². The standard InChI is InChI=1S/C15H9BrCl2FNO3/c16-8-1-3-11(18)10(5-8)15(22)23-7-14(21)20-13-6-9(17)2-4-12(13)19/h1-6H,7H2,(H,20,21). The first kappa shape index (κ1) is 17.7. The quantitative estimate of drug-likeness (QED) is 0.730. The Kier molecular flexibility index (Phi) is 5.98. The maximum absolute atomic E-state index is 13.5. The van der Waals surface area contributed by atoms with Gasteiger partial charge in [-0.1, -0.05) is 39.1 Å². The lowest BCUT2D eigenvalue weighted by Gasteiger charge is -2.08. The number of carbonyl (C=O) groups is 2. The number of amides is 1. The molecule has 0 aromatic heterocycles. The number of rotatable bonds is 4. The zero-order chi connectivity index (χ0) is 17.0. The van der Waals surface area contributed by atoms with E-state index >= 15 is 0 Å². The summed E-state index contributed by atoms with van der Waals surface area (Å²) in [6, 6.07) is 8.37. The molecule has 0 bridgehead atoms. The van der Waals surface area contributed by atoms with Gasteiger partial charge < -0.3 is 10.1 Å². The molecular formula is C15H9BrCl2FNO3. The molecule has 0 unspecified atom stereocenters. The van der Waals surface area contributed by atoms with Gasteiger partial charge in [0.2, 0.25) is 0 Å². The summed E-state index contributed by atoms with van der Waals surface area (Å²) in [7, 11) is 0. The highest BCUT2D eigenvalue weighted by atomic mass is 79.9. The average molecular weight is 421 g/mol. The lowest BCUT2D eigenvalue weighted by Crippen LogP contribution is -2.21. The molecule has 2 aromatic rings. The van der Waals surface area contributed by atoms with Gasteiger partial charge in [-0.3, -0.25) is 4.79 Å². The van der Waals surface area contributed by atoms with E-state index in [0.29, 0.717) is 4.47 Å². The van der Waals surface area contributed by atoms with Gasteiger partial charge in [-0.2, -0.15) is 0 Å². The van der Waals surface area contributed by atoms with E-state index in [1.165, 1.54) is 24.3 Å². The monoisotopic (exact) mass is 419 g/mol. The Labute approximate surface area is 149 Å². The fourth-order valence-corrected chi connectivity index (χ4v) is 2.37. The third-order valence-electron chi connectivity index (χ3n) is 2.69. The number of esters is 1. The molecule has 0 heterocycles. The van der Waals surface area contributed by atoms with Crippen LogP contribution in [-0.2, 0) is 9.53 Å². The van der Waals surface area contributed by atoms with Crippen LogP contribution >= 0.6 is 39.1 Å². The zero-order valence-electron chi connectivity index (χ0n) is 11.4. The predicted molar refractivity (Wildman–Crippen MR) is 89.5 cm³/mol. The zero-order valence-corrected chi connectivity index (χ0v) is 14.5. The molecule has 2 rings (SSSR count). The molecule has 1 N–H and O–H groups in total. The highest BCUT2D eigenvalue weighted by Gasteiger charge is 2.15. The smallest absolute Gasteiger partial charge is 0.340 e. The molecule has 0 aliphatic rings. The molecular weight excluding hydrogens is 412 g/mol. The topological polar surface area (TPSA) is 55.4 Å². The van der Waals surface area contributed by atoms with Crippen molar-refractivity contribution in [2.45, 2.75) is 0 Å². The van der Waals surface area contributed by atoms with Gasteiger partial charge in [0.1, 0.15) is 5.82 Å². The summed E-state index contributed by atoms with van der Waals surface area (Å²) in [5.74, 6) is -2.12. The number of anilines is 1. The number of halogens is 4. The molecule has 0 aliphatic heterocycles. The predicted octanol–water partition coefficient (Wildman–Crippen LogP) is 4.69. The molecule has 0 saturated heterocycles. The molecule has 120 valence electrons. The molecule has 1 amide bonds. The highest BCUT2D eigenvalue weighted by molar-refractivity contribution is 9.10. The molecule has 0 saturated carbocycles. The van der Waals surface area contributed by atoms with E-state index in [4.69, 9.17) is 27.9 Å². The third-order valence-corrected chi connectivity index (χ3v) is 3.74. The molecule has 0 aliphatic carbocycles.